The lowest BCUT2D eigenvalue weighted by molar-refractivity contribution is -0.193. The zero-order valence-electron chi connectivity index (χ0n) is 14.6. The minimum Gasteiger partial charge on any atom is -0.337 e. The summed E-state index contributed by atoms with van der Waals surface area (Å²) >= 11 is 0. The first-order valence-corrected chi connectivity index (χ1v) is 8.71. The Morgan fingerprint density at radius 1 is 0.815 bits per heavy atom. The molecule has 1 amide bonds. The highest BCUT2D eigenvalue weighted by Gasteiger charge is 2.47. The lowest BCUT2D eigenvalue weighted by Gasteiger charge is -2.40. The second-order valence-corrected chi connectivity index (χ2v) is 6.49. The van der Waals surface area contributed by atoms with E-state index in [2.05, 4.69) is 4.90 Å². The predicted octanol–water partition coefficient (Wildman–Crippen LogP) is 3.82. The number of carbonyl (C=O) groups is 1. The number of halogens is 4. The number of alkyl halides is 4. The number of nitrogens with zero attached hydrogens (tertiary/aromatic N) is 2. The predicted molar refractivity (Wildman–Crippen MR) is 93.8 cm³/mol. The average Bonchev–Trinajstić information content (AvgIpc) is 2.68. The van der Waals surface area contributed by atoms with Crippen molar-refractivity contribution >= 4 is 5.91 Å². The first-order valence-electron chi connectivity index (χ1n) is 8.71. The first-order chi connectivity index (χ1) is 12.9. The SMILES string of the molecule is O=C([C@@H](F)C(F)(F)F)N1CCN(C(c2ccccc2)c2ccccc2)CC1. The van der Waals surface area contributed by atoms with Crippen LogP contribution in [0, 0.1) is 0 Å². The molecule has 1 fully saturated rings. The highest BCUT2D eigenvalue weighted by atomic mass is 19.4. The Morgan fingerprint density at radius 3 is 1.67 bits per heavy atom. The Balaban J connectivity index is 1.75. The van der Waals surface area contributed by atoms with Crippen LogP contribution in [0.2, 0.25) is 0 Å². The van der Waals surface area contributed by atoms with Crippen molar-refractivity contribution in [3.63, 3.8) is 0 Å². The van der Waals surface area contributed by atoms with Gasteiger partial charge in [0.25, 0.3) is 12.1 Å². The molecule has 2 aromatic carbocycles. The minimum atomic E-state index is -5.16. The third kappa shape index (κ3) is 4.47. The van der Waals surface area contributed by atoms with Crippen LogP contribution in [0.15, 0.2) is 60.7 Å². The highest BCUT2D eigenvalue weighted by Crippen LogP contribution is 2.30. The standard InChI is InChI=1S/C20H20F4N2O/c21-18(20(22,23)24)19(27)26-13-11-25(12-14-26)17(15-7-3-1-4-8-15)16-9-5-2-6-10-16/h1-10,17-18H,11-14H2/t18-/m1/s1. The molecule has 144 valence electrons. The van der Waals surface area contributed by atoms with E-state index in [0.717, 1.165) is 16.0 Å². The quantitative estimate of drug-likeness (QED) is 0.753. The van der Waals surface area contributed by atoms with Gasteiger partial charge in [0.05, 0.1) is 6.04 Å². The second-order valence-electron chi connectivity index (χ2n) is 6.49. The summed E-state index contributed by atoms with van der Waals surface area (Å²) in [5, 5.41) is 0. The van der Waals surface area contributed by atoms with Crippen molar-refractivity contribution in [1.82, 2.24) is 9.80 Å². The van der Waals surface area contributed by atoms with Gasteiger partial charge >= 0.3 is 6.18 Å². The molecule has 3 rings (SSSR count). The summed E-state index contributed by atoms with van der Waals surface area (Å²) in [6, 6.07) is 19.5. The third-order valence-electron chi connectivity index (χ3n) is 4.73. The minimum absolute atomic E-state index is 0.0610. The molecule has 27 heavy (non-hydrogen) atoms. The number of hydrogen-bond acceptors (Lipinski definition) is 2. The Labute approximate surface area is 155 Å². The maximum atomic E-state index is 13.3. The molecule has 1 saturated heterocycles. The Kier molecular flexibility index (Phi) is 5.79. The number of hydrogen-bond donors (Lipinski definition) is 0. The molecule has 0 unspecified atom stereocenters. The molecule has 0 spiro atoms. The summed E-state index contributed by atoms with van der Waals surface area (Å²) in [5.74, 6) is -1.50. The van der Waals surface area contributed by atoms with E-state index in [1.807, 2.05) is 60.7 Å². The van der Waals surface area contributed by atoms with Gasteiger partial charge in [-0.2, -0.15) is 13.2 Å². The molecule has 3 nitrogen and oxygen atoms in total. The van der Waals surface area contributed by atoms with Crippen LogP contribution in [-0.4, -0.2) is 54.2 Å². The van der Waals surface area contributed by atoms with Crippen LogP contribution in [0.1, 0.15) is 17.2 Å². The number of rotatable bonds is 4. The van der Waals surface area contributed by atoms with Crippen LogP contribution in [0.25, 0.3) is 0 Å². The fraction of sp³-hybridized carbons (Fsp3) is 0.350. The van der Waals surface area contributed by atoms with E-state index in [4.69, 9.17) is 0 Å². The summed E-state index contributed by atoms with van der Waals surface area (Å²) in [7, 11) is 0. The van der Waals surface area contributed by atoms with Crippen LogP contribution in [0.4, 0.5) is 17.6 Å². The number of benzene rings is 2. The molecular formula is C20H20F4N2O. The maximum Gasteiger partial charge on any atom is 0.428 e. The topological polar surface area (TPSA) is 23.6 Å². The molecule has 1 heterocycles. The lowest BCUT2D eigenvalue weighted by Crippen LogP contribution is -2.53. The van der Waals surface area contributed by atoms with E-state index in [0.29, 0.717) is 13.1 Å². The van der Waals surface area contributed by atoms with E-state index in [9.17, 15) is 22.4 Å². The van der Waals surface area contributed by atoms with Crippen LogP contribution >= 0.6 is 0 Å². The second kappa shape index (κ2) is 8.08. The summed E-state index contributed by atoms with van der Waals surface area (Å²) in [6.45, 7) is 0.854. The molecular weight excluding hydrogens is 360 g/mol. The zero-order valence-corrected chi connectivity index (χ0v) is 14.6. The van der Waals surface area contributed by atoms with Crippen molar-refractivity contribution in [3.05, 3.63) is 71.8 Å². The molecule has 0 N–H and O–H groups in total. The molecule has 0 saturated carbocycles. The third-order valence-corrected chi connectivity index (χ3v) is 4.73. The van der Waals surface area contributed by atoms with Gasteiger partial charge in [-0.05, 0) is 11.1 Å². The van der Waals surface area contributed by atoms with Crippen LogP contribution in [-0.2, 0) is 4.79 Å². The van der Waals surface area contributed by atoms with Gasteiger partial charge in [0.1, 0.15) is 0 Å². The van der Waals surface area contributed by atoms with Crippen LogP contribution < -0.4 is 0 Å². The smallest absolute Gasteiger partial charge is 0.337 e. The van der Waals surface area contributed by atoms with Gasteiger partial charge in [0.15, 0.2) is 0 Å². The Hall–Kier alpha value is -2.41. The molecule has 0 aliphatic carbocycles. The fourth-order valence-corrected chi connectivity index (χ4v) is 3.39. The summed E-state index contributed by atoms with van der Waals surface area (Å²) < 4.78 is 50.8. The fourth-order valence-electron chi connectivity index (χ4n) is 3.39. The van der Waals surface area contributed by atoms with Crippen molar-refractivity contribution in [3.8, 4) is 0 Å². The van der Waals surface area contributed by atoms with Crippen molar-refractivity contribution < 1.29 is 22.4 Å². The van der Waals surface area contributed by atoms with Crippen molar-refractivity contribution in [2.45, 2.75) is 18.4 Å². The summed E-state index contributed by atoms with van der Waals surface area (Å²) in [5.41, 5.74) is 2.12. The summed E-state index contributed by atoms with van der Waals surface area (Å²) in [6.07, 6.45) is -8.62. The van der Waals surface area contributed by atoms with Gasteiger partial charge in [-0.15, -0.1) is 0 Å². The number of carbonyl (C=O) groups excluding carboxylic acids is 1. The van der Waals surface area contributed by atoms with Gasteiger partial charge in [-0.25, -0.2) is 4.39 Å². The van der Waals surface area contributed by atoms with Crippen LogP contribution in [0.5, 0.6) is 0 Å². The molecule has 2 aromatic rings. The first kappa shape index (κ1) is 19.4. The number of piperazine rings is 1. The van der Waals surface area contributed by atoms with Gasteiger partial charge in [0.2, 0.25) is 0 Å². The van der Waals surface area contributed by atoms with E-state index in [1.54, 1.807) is 0 Å². The molecule has 1 atom stereocenters. The lowest BCUT2D eigenvalue weighted by atomic mass is 9.96. The van der Waals surface area contributed by atoms with Gasteiger partial charge in [0, 0.05) is 26.2 Å². The zero-order chi connectivity index (χ0) is 19.4. The molecule has 0 aromatic heterocycles. The molecule has 1 aliphatic heterocycles. The van der Waals surface area contributed by atoms with Crippen molar-refractivity contribution in [2.24, 2.45) is 0 Å². The molecule has 1 aliphatic rings. The molecule has 0 bridgehead atoms. The molecule has 0 radical (unpaired) electrons. The maximum absolute atomic E-state index is 13.3. The van der Waals surface area contributed by atoms with Crippen molar-refractivity contribution in [1.29, 1.82) is 0 Å². The van der Waals surface area contributed by atoms with E-state index >= 15 is 0 Å². The highest BCUT2D eigenvalue weighted by molar-refractivity contribution is 5.81. The average molecular weight is 380 g/mol. The van der Waals surface area contributed by atoms with E-state index in [-0.39, 0.29) is 19.1 Å². The largest absolute Gasteiger partial charge is 0.428 e. The molecule has 7 heteroatoms. The van der Waals surface area contributed by atoms with Gasteiger partial charge in [-0.1, -0.05) is 60.7 Å². The van der Waals surface area contributed by atoms with E-state index < -0.39 is 18.3 Å². The van der Waals surface area contributed by atoms with Gasteiger partial charge < -0.3 is 4.90 Å². The van der Waals surface area contributed by atoms with E-state index in [1.165, 1.54) is 0 Å². The Bertz CT molecular complexity index is 704. The van der Waals surface area contributed by atoms with Crippen LogP contribution in [0.3, 0.4) is 0 Å². The van der Waals surface area contributed by atoms with Crippen molar-refractivity contribution in [2.75, 3.05) is 26.2 Å². The monoisotopic (exact) mass is 380 g/mol. The normalized spacial score (nSPS) is 17.1. The summed E-state index contributed by atoms with van der Waals surface area (Å²) in [4.78, 5) is 14.8. The van der Waals surface area contributed by atoms with Gasteiger partial charge in [-0.3, -0.25) is 9.69 Å². The Morgan fingerprint density at radius 2 is 1.26 bits per heavy atom. The number of amides is 1.